The summed E-state index contributed by atoms with van der Waals surface area (Å²) in [7, 11) is -2.80. The maximum absolute atomic E-state index is 14.6. The number of rotatable bonds is 9. The average molecular weight is 788 g/mol. The van der Waals surface area contributed by atoms with Gasteiger partial charge in [0.2, 0.25) is 0 Å². The summed E-state index contributed by atoms with van der Waals surface area (Å²) in [5, 5.41) is 18.8. The summed E-state index contributed by atoms with van der Waals surface area (Å²) in [6, 6.07) is 23.9. The van der Waals surface area contributed by atoms with Gasteiger partial charge >= 0.3 is 0 Å². The van der Waals surface area contributed by atoms with Crippen LogP contribution in [0.1, 0.15) is 41.6 Å². The lowest BCUT2D eigenvalue weighted by Crippen LogP contribution is -2.46. The van der Waals surface area contributed by atoms with Gasteiger partial charge in [-0.05, 0) is 83.6 Å². The molecule has 1 unspecified atom stereocenters. The Kier molecular flexibility index (Phi) is 8.90. The van der Waals surface area contributed by atoms with Gasteiger partial charge in [-0.15, -0.1) is 5.10 Å². The minimum Gasteiger partial charge on any atom is -0.432 e. The minimum atomic E-state index is -2.80. The number of benzene rings is 3. The zero-order valence-electron chi connectivity index (χ0n) is 24.9. The average Bonchev–Trinajstić information content (AvgIpc) is 3.63. The first-order valence-electron chi connectivity index (χ1n) is 14.9. The van der Waals surface area contributed by atoms with E-state index >= 15 is 0 Å². The van der Waals surface area contributed by atoms with Crippen molar-refractivity contribution in [2.24, 2.45) is 5.92 Å². The quantitative estimate of drug-likeness (QED) is 0.155. The van der Waals surface area contributed by atoms with Crippen molar-refractivity contribution >= 4 is 58.4 Å². The predicted octanol–water partition coefficient (Wildman–Crippen LogP) is 6.20. The zero-order chi connectivity index (χ0) is 31.2. The van der Waals surface area contributed by atoms with Crippen molar-refractivity contribution < 1.29 is 19.4 Å². The van der Waals surface area contributed by atoms with E-state index in [1.54, 1.807) is 4.68 Å². The van der Waals surface area contributed by atoms with Gasteiger partial charge in [-0.25, -0.2) is 0 Å². The Bertz CT molecular complexity index is 1660. The number of halogens is 2. The molecule has 3 heterocycles. The number of hydrogen-bond acceptors (Lipinski definition) is 6. The molecule has 2 aliphatic rings. The first-order valence-corrected chi connectivity index (χ1v) is 19.7. The number of amides is 1. The van der Waals surface area contributed by atoms with Crippen molar-refractivity contribution in [1.82, 2.24) is 15.0 Å². The topological polar surface area (TPSA) is 101 Å². The van der Waals surface area contributed by atoms with Gasteiger partial charge in [0.15, 0.2) is 13.9 Å². The lowest BCUT2D eigenvalue weighted by molar-refractivity contribution is -0.146. The van der Waals surface area contributed by atoms with Gasteiger partial charge < -0.3 is 19.5 Å². The molecule has 0 saturated carbocycles. The maximum Gasteiger partial charge on any atom is 0.264 e. The van der Waals surface area contributed by atoms with Gasteiger partial charge in [0.05, 0.1) is 36.6 Å². The molecule has 2 N–H and O–H groups in total. The molecule has 0 radical (unpaired) electrons. The summed E-state index contributed by atoms with van der Waals surface area (Å²) in [6.07, 6.45) is 2.06. The first-order chi connectivity index (χ1) is 21.0. The second-order valence-corrected chi connectivity index (χ2v) is 18.5. The van der Waals surface area contributed by atoms with E-state index in [4.69, 9.17) is 4.74 Å². The highest BCUT2D eigenvalue weighted by atomic mass is 127. The van der Waals surface area contributed by atoms with Gasteiger partial charge in [-0.3, -0.25) is 9.48 Å². The number of carbonyl (C=O) groups excluding carboxylic acids is 1. The third-order valence-electron chi connectivity index (χ3n) is 9.12. The van der Waals surface area contributed by atoms with E-state index < -0.39 is 13.9 Å². The highest BCUT2D eigenvalue weighted by Crippen LogP contribution is 2.60. The summed E-state index contributed by atoms with van der Waals surface area (Å²) in [4.78, 5) is 28.1. The standard InChI is InChI=1S/C33H36BrIN4O4Si/c1-21-31(44(2,3)42)30(14-15-38-19-28(36-37-38)26(20-40)23-9-5-4-6-10-23)43-33(21)27-17-24(34)12-13-29(27)39(32(33)41)18-22-8-7-11-25(35)16-22/h4-13,16-17,19,21,26,30-31,40,42H,14-15,18,20H2,1-3H3/t21-,26?,30+,31-,33+/m0/s1. The van der Waals surface area contributed by atoms with Gasteiger partial charge in [0.25, 0.3) is 5.91 Å². The van der Waals surface area contributed by atoms with Crippen molar-refractivity contribution in [3.8, 4) is 0 Å². The Hall–Kier alpha value is -2.42. The Balaban J connectivity index is 1.30. The van der Waals surface area contributed by atoms with E-state index in [0.717, 1.165) is 30.4 Å². The Morgan fingerprint density at radius 2 is 1.89 bits per heavy atom. The van der Waals surface area contributed by atoms with Crippen molar-refractivity contribution in [3.05, 3.63) is 109 Å². The second-order valence-electron chi connectivity index (χ2n) is 12.4. The van der Waals surface area contributed by atoms with Crippen LogP contribution in [-0.4, -0.2) is 51.8 Å². The number of ether oxygens (including phenoxy) is 1. The number of aryl methyl sites for hydroxylation is 1. The molecular weight excluding hydrogens is 751 g/mol. The van der Waals surface area contributed by atoms with E-state index in [1.165, 1.54) is 0 Å². The van der Waals surface area contributed by atoms with E-state index in [-0.39, 0.29) is 36.0 Å². The van der Waals surface area contributed by atoms with E-state index in [1.807, 2.05) is 90.9 Å². The molecule has 1 fully saturated rings. The normalized spacial score (nSPS) is 23.8. The fraction of sp³-hybridized carbons (Fsp3) is 0.364. The van der Waals surface area contributed by atoms with Crippen molar-refractivity contribution in [3.63, 3.8) is 0 Å². The van der Waals surface area contributed by atoms with Crippen LogP contribution >= 0.6 is 38.5 Å². The first kappa shape index (κ1) is 31.6. The molecule has 5 atom stereocenters. The fourth-order valence-electron chi connectivity index (χ4n) is 7.19. The fourth-order valence-corrected chi connectivity index (χ4v) is 10.8. The minimum absolute atomic E-state index is 0.0729. The van der Waals surface area contributed by atoms with Crippen LogP contribution in [0.3, 0.4) is 0 Å². The molecule has 0 bridgehead atoms. The smallest absolute Gasteiger partial charge is 0.264 e. The van der Waals surface area contributed by atoms with Crippen LogP contribution in [0.25, 0.3) is 0 Å². The number of aliphatic hydroxyl groups is 1. The van der Waals surface area contributed by atoms with Crippen LogP contribution in [0, 0.1) is 9.49 Å². The maximum atomic E-state index is 14.6. The van der Waals surface area contributed by atoms with Crippen molar-refractivity contribution in [1.29, 1.82) is 0 Å². The molecule has 11 heteroatoms. The van der Waals surface area contributed by atoms with Gasteiger partial charge in [0.1, 0.15) is 0 Å². The van der Waals surface area contributed by atoms with Crippen LogP contribution in [-0.2, 0) is 28.2 Å². The Labute approximate surface area is 280 Å². The number of fused-ring (bicyclic) bond motifs is 2. The molecule has 1 aromatic heterocycles. The number of anilines is 1. The molecule has 1 saturated heterocycles. The summed E-state index contributed by atoms with van der Waals surface area (Å²) in [5.74, 6) is -0.597. The molecule has 44 heavy (non-hydrogen) atoms. The predicted molar refractivity (Wildman–Crippen MR) is 184 cm³/mol. The number of carbonyl (C=O) groups is 1. The molecule has 3 aromatic carbocycles. The molecule has 4 aromatic rings. The lowest BCUT2D eigenvalue weighted by atomic mass is 9.82. The largest absolute Gasteiger partial charge is 0.432 e. The highest BCUT2D eigenvalue weighted by molar-refractivity contribution is 14.1. The van der Waals surface area contributed by atoms with Gasteiger partial charge in [0, 0.05) is 37.8 Å². The molecule has 1 amide bonds. The molecule has 1 spiro atoms. The van der Waals surface area contributed by atoms with E-state index in [9.17, 15) is 14.7 Å². The van der Waals surface area contributed by atoms with Crippen molar-refractivity contribution in [2.45, 2.75) is 62.7 Å². The van der Waals surface area contributed by atoms with Crippen LogP contribution in [0.15, 0.2) is 83.5 Å². The molecule has 6 rings (SSSR count). The van der Waals surface area contributed by atoms with E-state index in [0.29, 0.717) is 25.2 Å². The third-order valence-corrected chi connectivity index (χ3v) is 12.8. The number of aliphatic hydroxyl groups excluding tert-OH is 1. The second kappa shape index (κ2) is 12.4. The van der Waals surface area contributed by atoms with Crippen LogP contribution in [0.2, 0.25) is 18.6 Å². The number of nitrogens with zero attached hydrogens (tertiary/aromatic N) is 4. The van der Waals surface area contributed by atoms with Gasteiger partial charge in [-0.1, -0.05) is 70.5 Å². The SMILES string of the molecule is C[C@H]1[C@H]([Si](C)(C)O)[C@@H](CCn2cc(C(CO)c3ccccc3)nn2)O[C@]12C(=O)N(Cc1cccc(I)c1)c1ccc(Br)cc12. The van der Waals surface area contributed by atoms with Gasteiger partial charge in [-0.2, -0.15) is 0 Å². The Morgan fingerprint density at radius 1 is 1.11 bits per heavy atom. The molecule has 230 valence electrons. The summed E-state index contributed by atoms with van der Waals surface area (Å²) in [6.45, 7) is 6.80. The monoisotopic (exact) mass is 786 g/mol. The summed E-state index contributed by atoms with van der Waals surface area (Å²) in [5.41, 5.74) is 3.02. The summed E-state index contributed by atoms with van der Waals surface area (Å²) < 4.78 is 10.7. The van der Waals surface area contributed by atoms with Crippen LogP contribution in [0.4, 0.5) is 5.69 Å². The molecule has 2 aliphatic heterocycles. The highest BCUT2D eigenvalue weighted by Gasteiger charge is 2.66. The zero-order valence-corrected chi connectivity index (χ0v) is 29.6. The van der Waals surface area contributed by atoms with Crippen LogP contribution < -0.4 is 4.90 Å². The summed E-state index contributed by atoms with van der Waals surface area (Å²) >= 11 is 5.93. The molecular formula is C33H36BrIN4O4Si. The molecule has 8 nitrogen and oxygen atoms in total. The van der Waals surface area contributed by atoms with E-state index in [2.05, 4.69) is 61.8 Å². The number of hydrogen-bond donors (Lipinski definition) is 2. The van der Waals surface area contributed by atoms with Crippen molar-refractivity contribution in [2.75, 3.05) is 11.5 Å². The molecule has 0 aliphatic carbocycles. The Morgan fingerprint density at radius 3 is 2.59 bits per heavy atom. The number of aromatic nitrogens is 3. The third kappa shape index (κ3) is 5.71. The lowest BCUT2D eigenvalue weighted by Gasteiger charge is -2.32. The van der Waals surface area contributed by atoms with Crippen LogP contribution in [0.5, 0.6) is 0 Å².